The second-order valence-corrected chi connectivity index (χ2v) is 4.86. The Morgan fingerprint density at radius 3 is 2.06 bits per heavy atom. The van der Waals surface area contributed by atoms with Crippen molar-refractivity contribution in [2.75, 3.05) is 11.9 Å². The van der Waals surface area contributed by atoms with Crippen LogP contribution < -0.4 is 5.32 Å². The second-order valence-electron chi connectivity index (χ2n) is 4.86. The van der Waals surface area contributed by atoms with Gasteiger partial charge in [0.05, 0.1) is 5.60 Å². The van der Waals surface area contributed by atoms with Crippen LogP contribution in [0.2, 0.25) is 0 Å². The predicted molar refractivity (Wildman–Crippen MR) is 74.6 cm³/mol. The Hall–Kier alpha value is -1.02. The zero-order valence-electron chi connectivity index (χ0n) is 11.5. The van der Waals surface area contributed by atoms with Crippen LogP contribution in [0.5, 0.6) is 0 Å². The summed E-state index contributed by atoms with van der Waals surface area (Å²) in [5, 5.41) is 13.5. The Morgan fingerprint density at radius 2 is 1.65 bits per heavy atom. The minimum atomic E-state index is -0.633. The summed E-state index contributed by atoms with van der Waals surface area (Å²) in [6.07, 6.45) is 2.80. The summed E-state index contributed by atoms with van der Waals surface area (Å²) in [5.74, 6) is 0. The molecule has 1 aromatic carbocycles. The summed E-state index contributed by atoms with van der Waals surface area (Å²) in [6, 6.07) is 6.42. The number of nitrogens with one attached hydrogen (secondary N) is 1. The molecule has 1 unspecified atom stereocenters. The molecule has 0 saturated carbocycles. The van der Waals surface area contributed by atoms with Crippen molar-refractivity contribution in [3.8, 4) is 0 Å². The quantitative estimate of drug-likeness (QED) is 0.792. The number of benzene rings is 1. The van der Waals surface area contributed by atoms with E-state index in [2.05, 4.69) is 37.4 Å². The summed E-state index contributed by atoms with van der Waals surface area (Å²) in [4.78, 5) is 0. The van der Waals surface area contributed by atoms with Gasteiger partial charge in [-0.1, -0.05) is 39.0 Å². The molecular weight excluding hydrogens is 210 g/mol. The van der Waals surface area contributed by atoms with Crippen molar-refractivity contribution >= 4 is 5.69 Å². The lowest BCUT2D eigenvalue weighted by Gasteiger charge is -2.24. The van der Waals surface area contributed by atoms with Gasteiger partial charge in [0.15, 0.2) is 0 Å². The van der Waals surface area contributed by atoms with E-state index < -0.39 is 5.60 Å². The van der Waals surface area contributed by atoms with Crippen LogP contribution in [0.3, 0.4) is 0 Å². The average molecular weight is 235 g/mol. The first-order chi connectivity index (χ1) is 8.04. The van der Waals surface area contributed by atoms with Crippen LogP contribution in [0.15, 0.2) is 18.2 Å². The molecule has 0 amide bonds. The highest BCUT2D eigenvalue weighted by Crippen LogP contribution is 2.23. The fourth-order valence-corrected chi connectivity index (χ4v) is 1.87. The molecular formula is C15H25NO. The van der Waals surface area contributed by atoms with Gasteiger partial charge in [0.2, 0.25) is 0 Å². The molecule has 0 radical (unpaired) electrons. The highest BCUT2D eigenvalue weighted by molar-refractivity contribution is 5.58. The number of anilines is 1. The molecule has 0 fully saturated rings. The van der Waals surface area contributed by atoms with E-state index in [1.165, 1.54) is 16.8 Å². The molecule has 0 heterocycles. The van der Waals surface area contributed by atoms with Gasteiger partial charge in [-0.25, -0.2) is 0 Å². The van der Waals surface area contributed by atoms with Crippen molar-refractivity contribution in [1.82, 2.24) is 0 Å². The molecule has 0 aromatic heterocycles. The van der Waals surface area contributed by atoms with E-state index in [-0.39, 0.29) is 0 Å². The smallest absolute Gasteiger partial charge is 0.0788 e. The molecule has 17 heavy (non-hydrogen) atoms. The molecule has 2 nitrogen and oxygen atoms in total. The lowest BCUT2D eigenvalue weighted by atomic mass is 10.0. The van der Waals surface area contributed by atoms with E-state index in [4.69, 9.17) is 0 Å². The van der Waals surface area contributed by atoms with Crippen LogP contribution in [0, 0.1) is 0 Å². The average Bonchev–Trinajstić information content (AvgIpc) is 2.35. The monoisotopic (exact) mass is 235 g/mol. The van der Waals surface area contributed by atoms with Crippen molar-refractivity contribution < 1.29 is 5.11 Å². The van der Waals surface area contributed by atoms with Gasteiger partial charge in [-0.05, 0) is 37.3 Å². The van der Waals surface area contributed by atoms with Crippen molar-refractivity contribution in [3.63, 3.8) is 0 Å². The normalized spacial score (nSPS) is 14.4. The van der Waals surface area contributed by atoms with E-state index >= 15 is 0 Å². The Labute approximate surface area is 105 Å². The van der Waals surface area contributed by atoms with E-state index in [1.54, 1.807) is 0 Å². The lowest BCUT2D eigenvalue weighted by molar-refractivity contribution is 0.0697. The summed E-state index contributed by atoms with van der Waals surface area (Å²) in [6.45, 7) is 8.82. The maximum Gasteiger partial charge on any atom is 0.0788 e. The molecule has 0 bridgehead atoms. The predicted octanol–water partition coefficient (Wildman–Crippen LogP) is 3.38. The molecule has 2 N–H and O–H groups in total. The molecule has 0 saturated heterocycles. The molecule has 0 aliphatic rings. The summed E-state index contributed by atoms with van der Waals surface area (Å²) in [7, 11) is 0. The highest BCUT2D eigenvalue weighted by Gasteiger charge is 2.18. The maximum absolute atomic E-state index is 10.0. The zero-order valence-corrected chi connectivity index (χ0v) is 11.5. The van der Waals surface area contributed by atoms with E-state index in [9.17, 15) is 5.11 Å². The van der Waals surface area contributed by atoms with Crippen LogP contribution in [0.4, 0.5) is 5.69 Å². The molecule has 1 aromatic rings. The van der Waals surface area contributed by atoms with Crippen molar-refractivity contribution in [3.05, 3.63) is 29.3 Å². The fourth-order valence-electron chi connectivity index (χ4n) is 1.87. The van der Waals surface area contributed by atoms with Gasteiger partial charge in [-0.15, -0.1) is 0 Å². The van der Waals surface area contributed by atoms with Crippen LogP contribution in [-0.2, 0) is 12.8 Å². The number of hydrogen-bond acceptors (Lipinski definition) is 2. The Kier molecular flexibility index (Phi) is 5.01. The molecule has 2 heteroatoms. The minimum absolute atomic E-state index is 0.605. The standard InChI is InChI=1S/C15H25NO/c1-5-12-9-8-10-13(6-2)14(12)16-11-15(4,17)7-3/h8-10,16-17H,5-7,11H2,1-4H3. The zero-order chi connectivity index (χ0) is 12.9. The largest absolute Gasteiger partial charge is 0.388 e. The van der Waals surface area contributed by atoms with Crippen LogP contribution >= 0.6 is 0 Å². The van der Waals surface area contributed by atoms with Crippen molar-refractivity contribution in [1.29, 1.82) is 0 Å². The number of aliphatic hydroxyl groups is 1. The highest BCUT2D eigenvalue weighted by atomic mass is 16.3. The Morgan fingerprint density at radius 1 is 1.12 bits per heavy atom. The third kappa shape index (κ3) is 3.74. The minimum Gasteiger partial charge on any atom is -0.388 e. The van der Waals surface area contributed by atoms with E-state index in [0.29, 0.717) is 6.54 Å². The first-order valence-corrected chi connectivity index (χ1v) is 6.61. The number of aryl methyl sites for hydroxylation is 2. The van der Waals surface area contributed by atoms with Gasteiger partial charge >= 0.3 is 0 Å². The van der Waals surface area contributed by atoms with E-state index in [0.717, 1.165) is 19.3 Å². The topological polar surface area (TPSA) is 32.3 Å². The molecule has 1 rings (SSSR count). The van der Waals surface area contributed by atoms with Gasteiger partial charge in [0.1, 0.15) is 0 Å². The first kappa shape index (κ1) is 14.0. The number of para-hydroxylation sites is 1. The molecule has 1 atom stereocenters. The van der Waals surface area contributed by atoms with Gasteiger partial charge in [0.25, 0.3) is 0 Å². The van der Waals surface area contributed by atoms with Gasteiger partial charge in [-0.2, -0.15) is 0 Å². The van der Waals surface area contributed by atoms with Crippen LogP contribution in [-0.4, -0.2) is 17.3 Å². The summed E-state index contributed by atoms with van der Waals surface area (Å²) in [5.41, 5.74) is 3.24. The molecule has 0 aliphatic heterocycles. The number of rotatable bonds is 6. The molecule has 96 valence electrons. The number of hydrogen-bond donors (Lipinski definition) is 2. The SMILES string of the molecule is CCc1cccc(CC)c1NCC(C)(O)CC. The third-order valence-corrected chi connectivity index (χ3v) is 3.41. The Balaban J connectivity index is 2.88. The van der Waals surface area contributed by atoms with Gasteiger partial charge < -0.3 is 10.4 Å². The molecule has 0 aliphatic carbocycles. The maximum atomic E-state index is 10.0. The summed E-state index contributed by atoms with van der Waals surface area (Å²) < 4.78 is 0. The molecule has 0 spiro atoms. The van der Waals surface area contributed by atoms with Crippen molar-refractivity contribution in [2.24, 2.45) is 0 Å². The van der Waals surface area contributed by atoms with Crippen LogP contribution in [0.1, 0.15) is 45.2 Å². The first-order valence-electron chi connectivity index (χ1n) is 6.61. The summed E-state index contributed by atoms with van der Waals surface area (Å²) >= 11 is 0. The van der Waals surface area contributed by atoms with E-state index in [1.807, 2.05) is 13.8 Å². The van der Waals surface area contributed by atoms with Crippen LogP contribution in [0.25, 0.3) is 0 Å². The van der Waals surface area contributed by atoms with Gasteiger partial charge in [-0.3, -0.25) is 0 Å². The third-order valence-electron chi connectivity index (χ3n) is 3.41. The van der Waals surface area contributed by atoms with Gasteiger partial charge in [0, 0.05) is 12.2 Å². The fraction of sp³-hybridized carbons (Fsp3) is 0.600. The van der Waals surface area contributed by atoms with Crippen molar-refractivity contribution in [2.45, 2.75) is 52.6 Å². The Bertz CT molecular complexity index is 336. The lowest BCUT2D eigenvalue weighted by Crippen LogP contribution is -2.32. The second kappa shape index (κ2) is 6.06.